The van der Waals surface area contributed by atoms with Crippen molar-refractivity contribution in [1.82, 2.24) is 20.2 Å². The molecule has 1 aromatic rings. The summed E-state index contributed by atoms with van der Waals surface area (Å²) in [6.07, 6.45) is 7.12. The zero-order valence-electron chi connectivity index (χ0n) is 12.1. The topological polar surface area (TPSA) is 78.1 Å². The van der Waals surface area contributed by atoms with Crippen molar-refractivity contribution in [3.63, 3.8) is 0 Å². The first-order valence-electron chi connectivity index (χ1n) is 7.05. The molecule has 0 aromatic carbocycles. The number of rotatable bonds is 4. The molecule has 1 saturated carbocycles. The molecule has 0 spiro atoms. The maximum Gasteiger partial charge on any atom is 0.271 e. The molecule has 0 bridgehead atoms. The van der Waals surface area contributed by atoms with Crippen LogP contribution in [0.25, 0.3) is 0 Å². The fourth-order valence-corrected chi connectivity index (χ4v) is 2.66. The molecular weight excluding hydrogens is 256 g/mol. The zero-order valence-corrected chi connectivity index (χ0v) is 12.1. The van der Waals surface area contributed by atoms with Crippen molar-refractivity contribution in [2.24, 2.45) is 5.92 Å². The number of aromatic nitrogens is 2. The van der Waals surface area contributed by atoms with E-state index in [2.05, 4.69) is 34.3 Å². The van der Waals surface area contributed by atoms with Gasteiger partial charge in [0.25, 0.3) is 11.5 Å². The number of aromatic amines is 1. The number of hydrogen-bond acceptors (Lipinski definition) is 4. The van der Waals surface area contributed by atoms with Crippen LogP contribution in [-0.2, 0) is 0 Å². The summed E-state index contributed by atoms with van der Waals surface area (Å²) >= 11 is 0. The van der Waals surface area contributed by atoms with Gasteiger partial charge >= 0.3 is 0 Å². The van der Waals surface area contributed by atoms with Crippen molar-refractivity contribution in [1.29, 1.82) is 0 Å². The normalized spacial score (nSPS) is 22.8. The van der Waals surface area contributed by atoms with Crippen LogP contribution >= 0.6 is 0 Å². The number of amides is 1. The van der Waals surface area contributed by atoms with E-state index in [-0.39, 0.29) is 17.2 Å². The van der Waals surface area contributed by atoms with Crippen LogP contribution in [0.1, 0.15) is 36.2 Å². The van der Waals surface area contributed by atoms with Gasteiger partial charge in [0.05, 0.1) is 6.20 Å². The quantitative estimate of drug-likeness (QED) is 0.846. The number of H-pyrrole nitrogens is 1. The Morgan fingerprint density at radius 1 is 1.40 bits per heavy atom. The SMILES string of the molecule is CN(C)C1CCC(CNC(=O)c2c[nH]c(=O)cn2)CC1. The lowest BCUT2D eigenvalue weighted by Crippen LogP contribution is -2.36. The lowest BCUT2D eigenvalue weighted by molar-refractivity contribution is 0.0933. The highest BCUT2D eigenvalue weighted by Crippen LogP contribution is 2.25. The molecule has 6 heteroatoms. The van der Waals surface area contributed by atoms with Gasteiger partial charge in [0.1, 0.15) is 5.69 Å². The third-order valence-electron chi connectivity index (χ3n) is 4.00. The molecule has 6 nitrogen and oxygen atoms in total. The average Bonchev–Trinajstić information content (AvgIpc) is 2.46. The van der Waals surface area contributed by atoms with E-state index in [1.54, 1.807) is 0 Å². The second-order valence-corrected chi connectivity index (χ2v) is 5.64. The molecule has 0 unspecified atom stereocenters. The van der Waals surface area contributed by atoms with Crippen LogP contribution in [0, 0.1) is 5.92 Å². The first kappa shape index (κ1) is 14.7. The number of carbonyl (C=O) groups excluding carboxylic acids is 1. The fourth-order valence-electron chi connectivity index (χ4n) is 2.66. The average molecular weight is 278 g/mol. The van der Waals surface area contributed by atoms with Gasteiger partial charge in [-0.3, -0.25) is 9.59 Å². The Hall–Kier alpha value is -1.69. The van der Waals surface area contributed by atoms with E-state index in [9.17, 15) is 9.59 Å². The molecule has 0 saturated heterocycles. The summed E-state index contributed by atoms with van der Waals surface area (Å²) in [4.78, 5) is 31.3. The molecule has 0 atom stereocenters. The molecule has 1 fully saturated rings. The van der Waals surface area contributed by atoms with Gasteiger partial charge in [-0.05, 0) is 45.7 Å². The van der Waals surface area contributed by atoms with Gasteiger partial charge in [0, 0.05) is 18.8 Å². The van der Waals surface area contributed by atoms with Crippen LogP contribution in [0.5, 0.6) is 0 Å². The van der Waals surface area contributed by atoms with E-state index in [0.717, 1.165) is 19.0 Å². The minimum atomic E-state index is -0.302. The monoisotopic (exact) mass is 278 g/mol. The Bertz CT molecular complexity index is 484. The van der Waals surface area contributed by atoms with Crippen LogP contribution in [0.4, 0.5) is 0 Å². The van der Waals surface area contributed by atoms with Gasteiger partial charge in [-0.2, -0.15) is 0 Å². The standard InChI is InChI=1S/C14H22N4O2/c1-18(2)11-5-3-10(4-6-11)7-17-14(20)12-8-16-13(19)9-15-12/h8-11H,3-7H2,1-2H3,(H,16,19)(H,17,20). The molecule has 110 valence electrons. The summed E-state index contributed by atoms with van der Waals surface area (Å²) < 4.78 is 0. The van der Waals surface area contributed by atoms with Crippen LogP contribution in [0.3, 0.4) is 0 Å². The molecule has 2 N–H and O–H groups in total. The van der Waals surface area contributed by atoms with E-state index in [1.807, 2.05) is 0 Å². The van der Waals surface area contributed by atoms with Crippen molar-refractivity contribution < 1.29 is 4.79 Å². The third-order valence-corrected chi connectivity index (χ3v) is 4.00. The van der Waals surface area contributed by atoms with E-state index in [0.29, 0.717) is 18.5 Å². The Morgan fingerprint density at radius 2 is 2.10 bits per heavy atom. The number of nitrogens with one attached hydrogen (secondary N) is 2. The largest absolute Gasteiger partial charge is 0.350 e. The maximum atomic E-state index is 11.9. The fraction of sp³-hybridized carbons (Fsp3) is 0.643. The number of nitrogens with zero attached hydrogens (tertiary/aromatic N) is 2. The molecule has 2 rings (SSSR count). The highest BCUT2D eigenvalue weighted by molar-refractivity contribution is 5.91. The van der Waals surface area contributed by atoms with Crippen LogP contribution in [-0.4, -0.2) is 47.5 Å². The maximum absolute atomic E-state index is 11.9. The van der Waals surface area contributed by atoms with E-state index < -0.39 is 0 Å². The molecule has 0 aliphatic heterocycles. The van der Waals surface area contributed by atoms with Gasteiger partial charge in [0.2, 0.25) is 0 Å². The van der Waals surface area contributed by atoms with Gasteiger partial charge < -0.3 is 15.2 Å². The van der Waals surface area contributed by atoms with Crippen molar-refractivity contribution in [3.8, 4) is 0 Å². The minimum absolute atomic E-state index is 0.226. The molecule has 1 aliphatic carbocycles. The van der Waals surface area contributed by atoms with Crippen molar-refractivity contribution in [3.05, 3.63) is 28.4 Å². The predicted octanol–water partition coefficient (Wildman–Crippen LogP) is 0.620. The summed E-state index contributed by atoms with van der Waals surface area (Å²) in [6, 6.07) is 0.669. The molecule has 20 heavy (non-hydrogen) atoms. The second-order valence-electron chi connectivity index (χ2n) is 5.64. The predicted molar refractivity (Wildman–Crippen MR) is 76.6 cm³/mol. The van der Waals surface area contributed by atoms with Crippen molar-refractivity contribution in [2.75, 3.05) is 20.6 Å². The summed E-state index contributed by atoms with van der Waals surface area (Å²) in [5.41, 5.74) is -0.0462. The molecule has 1 aliphatic rings. The van der Waals surface area contributed by atoms with Crippen LogP contribution in [0.2, 0.25) is 0 Å². The van der Waals surface area contributed by atoms with Crippen LogP contribution < -0.4 is 10.9 Å². The highest BCUT2D eigenvalue weighted by atomic mass is 16.2. The summed E-state index contributed by atoms with van der Waals surface area (Å²) in [7, 11) is 4.24. The Labute approximate surface area is 118 Å². The molecular formula is C14H22N4O2. The molecule has 1 heterocycles. The lowest BCUT2D eigenvalue weighted by atomic mass is 9.85. The minimum Gasteiger partial charge on any atom is -0.350 e. The Kier molecular flexibility index (Phi) is 4.89. The first-order valence-corrected chi connectivity index (χ1v) is 7.05. The van der Waals surface area contributed by atoms with Crippen molar-refractivity contribution in [2.45, 2.75) is 31.7 Å². The Morgan fingerprint density at radius 3 is 2.65 bits per heavy atom. The van der Waals surface area contributed by atoms with E-state index in [4.69, 9.17) is 0 Å². The zero-order chi connectivity index (χ0) is 14.5. The van der Waals surface area contributed by atoms with Gasteiger partial charge in [0.15, 0.2) is 0 Å². The molecule has 0 radical (unpaired) electrons. The van der Waals surface area contributed by atoms with E-state index >= 15 is 0 Å². The molecule has 1 amide bonds. The molecule has 1 aromatic heterocycles. The second kappa shape index (κ2) is 6.65. The van der Waals surface area contributed by atoms with Gasteiger partial charge in [-0.25, -0.2) is 4.98 Å². The smallest absolute Gasteiger partial charge is 0.271 e. The van der Waals surface area contributed by atoms with Crippen LogP contribution in [0.15, 0.2) is 17.2 Å². The van der Waals surface area contributed by atoms with Gasteiger partial charge in [-0.1, -0.05) is 0 Å². The third kappa shape index (κ3) is 3.90. The Balaban J connectivity index is 1.77. The summed E-state index contributed by atoms with van der Waals surface area (Å²) in [5.74, 6) is 0.314. The lowest BCUT2D eigenvalue weighted by Gasteiger charge is -2.32. The highest BCUT2D eigenvalue weighted by Gasteiger charge is 2.22. The van der Waals surface area contributed by atoms with Gasteiger partial charge in [-0.15, -0.1) is 0 Å². The summed E-state index contributed by atoms with van der Waals surface area (Å²) in [5, 5.41) is 2.90. The number of carbonyl (C=O) groups is 1. The van der Waals surface area contributed by atoms with E-state index in [1.165, 1.54) is 19.0 Å². The summed E-state index contributed by atoms with van der Waals surface area (Å²) in [6.45, 7) is 0.680. The van der Waals surface area contributed by atoms with Crippen molar-refractivity contribution >= 4 is 5.91 Å². The first-order chi connectivity index (χ1) is 9.56. The number of hydrogen-bond donors (Lipinski definition) is 2.